The van der Waals surface area contributed by atoms with Crippen molar-refractivity contribution in [2.24, 2.45) is 13.0 Å². The molecule has 4 heteroatoms. The van der Waals surface area contributed by atoms with Crippen molar-refractivity contribution < 1.29 is 4.79 Å². The molecule has 114 valence electrons. The maximum Gasteiger partial charge on any atom is 0.256 e. The third-order valence-corrected chi connectivity index (χ3v) is 5.93. The van der Waals surface area contributed by atoms with E-state index in [4.69, 9.17) is 0 Å². The molecule has 1 amide bonds. The van der Waals surface area contributed by atoms with Gasteiger partial charge in [0.1, 0.15) is 0 Å². The third kappa shape index (κ3) is 1.59. The van der Waals surface area contributed by atoms with Gasteiger partial charge in [-0.3, -0.25) is 4.79 Å². The lowest BCUT2D eigenvalue weighted by Crippen LogP contribution is -2.44. The van der Waals surface area contributed by atoms with Crippen LogP contribution in [0.2, 0.25) is 0 Å². The average Bonchev–Trinajstić information content (AvgIpc) is 2.94. The Bertz CT molecular complexity index is 765. The lowest BCUT2D eigenvalue weighted by molar-refractivity contribution is 0.0674. The van der Waals surface area contributed by atoms with Crippen molar-refractivity contribution in [3.8, 4) is 0 Å². The molecule has 0 radical (unpaired) electrons. The second-order valence-electron chi connectivity index (χ2n) is 7.15. The Morgan fingerprint density at radius 2 is 2.09 bits per heavy atom. The number of likely N-dealkylation sites (tertiary alicyclic amines) is 1. The smallest absolute Gasteiger partial charge is 0.256 e. The summed E-state index contributed by atoms with van der Waals surface area (Å²) < 4.78 is 2.08. The topological polar surface area (TPSA) is 28.5 Å². The van der Waals surface area contributed by atoms with Crippen LogP contribution >= 0.6 is 0 Å². The normalized spacial score (nSPS) is 32.9. The Labute approximate surface area is 130 Å². The van der Waals surface area contributed by atoms with E-state index < -0.39 is 0 Å². The van der Waals surface area contributed by atoms with E-state index in [2.05, 4.69) is 26.5 Å². The summed E-state index contributed by atoms with van der Waals surface area (Å²) in [5, 5.41) is 1.09. The van der Waals surface area contributed by atoms with Gasteiger partial charge in [-0.15, -0.1) is 0 Å². The molecule has 4 atom stereocenters. The molecule has 3 bridgehead atoms. The molecular weight excluding hydrogens is 274 g/mol. The lowest BCUT2D eigenvalue weighted by Gasteiger charge is -2.35. The van der Waals surface area contributed by atoms with Crippen LogP contribution in [-0.2, 0) is 7.05 Å². The maximum absolute atomic E-state index is 13.3. The van der Waals surface area contributed by atoms with Gasteiger partial charge in [0.25, 0.3) is 5.91 Å². The first-order chi connectivity index (χ1) is 10.7. The zero-order valence-electron chi connectivity index (χ0n) is 12.9. The molecule has 0 spiro atoms. The van der Waals surface area contributed by atoms with Gasteiger partial charge in [0.2, 0.25) is 0 Å². The highest BCUT2D eigenvalue weighted by molar-refractivity contribution is 6.07. The molecule has 2 aromatic rings. The van der Waals surface area contributed by atoms with Gasteiger partial charge in [-0.05, 0) is 24.8 Å². The molecule has 4 heterocycles. The van der Waals surface area contributed by atoms with Crippen molar-refractivity contribution in [2.75, 3.05) is 19.6 Å². The minimum atomic E-state index is 0.248. The summed E-state index contributed by atoms with van der Waals surface area (Å²) in [6.07, 6.45) is 4.37. The van der Waals surface area contributed by atoms with Crippen LogP contribution in [0, 0.1) is 5.92 Å². The highest BCUT2D eigenvalue weighted by atomic mass is 16.2. The Morgan fingerprint density at radius 1 is 1.23 bits per heavy atom. The summed E-state index contributed by atoms with van der Waals surface area (Å²) in [6.45, 7) is 3.43. The zero-order chi connectivity index (χ0) is 14.8. The second kappa shape index (κ2) is 4.35. The number of amides is 1. The van der Waals surface area contributed by atoms with Gasteiger partial charge in [-0.2, -0.15) is 0 Å². The molecule has 22 heavy (non-hydrogen) atoms. The van der Waals surface area contributed by atoms with Crippen LogP contribution in [0.5, 0.6) is 0 Å². The molecule has 3 saturated heterocycles. The number of carbonyl (C=O) groups excluding carboxylic acids is 1. The Morgan fingerprint density at radius 3 is 3.00 bits per heavy atom. The Balaban J connectivity index is 1.59. The summed E-state index contributed by atoms with van der Waals surface area (Å²) in [5.74, 6) is 0.949. The van der Waals surface area contributed by atoms with Crippen molar-refractivity contribution in [1.82, 2.24) is 14.4 Å². The number of nitrogens with zero attached hydrogens (tertiary/aromatic N) is 3. The summed E-state index contributed by atoms with van der Waals surface area (Å²) >= 11 is 0. The zero-order valence-corrected chi connectivity index (χ0v) is 12.9. The van der Waals surface area contributed by atoms with Gasteiger partial charge in [0.15, 0.2) is 0 Å². The highest BCUT2D eigenvalue weighted by Crippen LogP contribution is 2.41. The number of rotatable bonds is 1. The van der Waals surface area contributed by atoms with Crippen molar-refractivity contribution in [2.45, 2.75) is 24.9 Å². The SMILES string of the molecule is Cn1cc(C(=O)N2C3CC4CN(CCC42)C3)c2ccccc21. The Kier molecular flexibility index (Phi) is 2.51. The van der Waals surface area contributed by atoms with Gasteiger partial charge < -0.3 is 14.4 Å². The van der Waals surface area contributed by atoms with Crippen LogP contribution in [0.1, 0.15) is 23.2 Å². The van der Waals surface area contributed by atoms with Gasteiger partial charge >= 0.3 is 0 Å². The molecule has 5 rings (SSSR count). The summed E-state index contributed by atoms with van der Waals surface area (Å²) in [7, 11) is 2.03. The maximum atomic E-state index is 13.3. The van der Waals surface area contributed by atoms with Gasteiger partial charge in [0.05, 0.1) is 5.56 Å². The number of piperidine rings is 2. The van der Waals surface area contributed by atoms with E-state index in [1.807, 2.05) is 25.4 Å². The lowest BCUT2D eigenvalue weighted by atomic mass is 9.89. The molecule has 3 fully saturated rings. The molecule has 0 N–H and O–H groups in total. The monoisotopic (exact) mass is 295 g/mol. The predicted molar refractivity (Wildman–Crippen MR) is 85.8 cm³/mol. The van der Waals surface area contributed by atoms with E-state index in [-0.39, 0.29) is 5.91 Å². The van der Waals surface area contributed by atoms with Crippen LogP contribution in [0.3, 0.4) is 0 Å². The molecular formula is C18H21N3O. The number of aryl methyl sites for hydroxylation is 1. The minimum absolute atomic E-state index is 0.248. The van der Waals surface area contributed by atoms with E-state index >= 15 is 0 Å². The molecule has 4 unspecified atom stereocenters. The minimum Gasteiger partial charge on any atom is -0.350 e. The van der Waals surface area contributed by atoms with Crippen LogP contribution in [0.25, 0.3) is 10.9 Å². The average molecular weight is 295 g/mol. The number of hydrogen-bond donors (Lipinski definition) is 0. The molecule has 0 aliphatic carbocycles. The number of aromatic nitrogens is 1. The van der Waals surface area contributed by atoms with E-state index in [9.17, 15) is 4.79 Å². The van der Waals surface area contributed by atoms with Crippen LogP contribution in [0.15, 0.2) is 30.5 Å². The largest absolute Gasteiger partial charge is 0.350 e. The molecule has 3 aliphatic heterocycles. The van der Waals surface area contributed by atoms with E-state index in [1.54, 1.807) is 0 Å². The molecule has 1 aromatic heterocycles. The second-order valence-corrected chi connectivity index (χ2v) is 7.15. The summed E-state index contributed by atoms with van der Waals surface area (Å²) in [6, 6.07) is 9.12. The van der Waals surface area contributed by atoms with Crippen molar-refractivity contribution in [3.05, 3.63) is 36.0 Å². The van der Waals surface area contributed by atoms with Gasteiger partial charge in [-0.1, -0.05) is 18.2 Å². The number of fused-ring (bicyclic) bond motifs is 3. The predicted octanol–water partition coefficient (Wildman–Crippen LogP) is 2.10. The number of carbonyl (C=O) groups is 1. The summed E-state index contributed by atoms with van der Waals surface area (Å²) in [5.41, 5.74) is 2.02. The summed E-state index contributed by atoms with van der Waals surface area (Å²) in [4.78, 5) is 18.1. The first kappa shape index (κ1) is 12.7. The first-order valence-electron chi connectivity index (χ1n) is 8.31. The van der Waals surface area contributed by atoms with Crippen molar-refractivity contribution in [3.63, 3.8) is 0 Å². The van der Waals surface area contributed by atoms with Gasteiger partial charge in [0, 0.05) is 55.9 Å². The first-order valence-corrected chi connectivity index (χ1v) is 8.31. The van der Waals surface area contributed by atoms with E-state index in [0.717, 1.165) is 36.0 Å². The van der Waals surface area contributed by atoms with Crippen molar-refractivity contribution >= 4 is 16.8 Å². The third-order valence-electron chi connectivity index (χ3n) is 5.93. The van der Waals surface area contributed by atoms with E-state index in [1.165, 1.54) is 13.0 Å². The van der Waals surface area contributed by atoms with Crippen LogP contribution < -0.4 is 0 Å². The quantitative estimate of drug-likeness (QED) is 0.806. The van der Waals surface area contributed by atoms with Gasteiger partial charge in [-0.25, -0.2) is 0 Å². The molecule has 3 aliphatic rings. The fraction of sp³-hybridized carbons (Fsp3) is 0.500. The molecule has 4 nitrogen and oxygen atoms in total. The fourth-order valence-corrected chi connectivity index (χ4v) is 5.02. The Hall–Kier alpha value is -1.81. The highest BCUT2D eigenvalue weighted by Gasteiger charge is 2.50. The molecule has 0 saturated carbocycles. The van der Waals surface area contributed by atoms with Crippen molar-refractivity contribution in [1.29, 1.82) is 0 Å². The molecule has 1 aromatic carbocycles. The van der Waals surface area contributed by atoms with Crippen LogP contribution in [0.4, 0.5) is 0 Å². The standard InChI is InChI=1S/C18H21N3O/c1-19-11-15(14-4-2-3-5-17(14)19)18(22)21-13-8-12-9-20(10-13)7-6-16(12)21/h2-5,11-13,16H,6-10H2,1H3. The number of para-hydroxylation sites is 1. The van der Waals surface area contributed by atoms with E-state index in [0.29, 0.717) is 18.0 Å². The van der Waals surface area contributed by atoms with Crippen LogP contribution in [-0.4, -0.2) is 52.0 Å². The number of hydrogen-bond acceptors (Lipinski definition) is 2. The number of benzene rings is 1. The fourth-order valence-electron chi connectivity index (χ4n) is 5.02.